The molecule has 0 fully saturated rings. The van der Waals surface area contributed by atoms with Crippen LogP contribution in [-0.2, 0) is 14.3 Å². The molecule has 1 aliphatic rings. The number of allylic oxidation sites excluding steroid dienone is 4. The van der Waals surface area contributed by atoms with Crippen molar-refractivity contribution in [3.63, 3.8) is 0 Å². The van der Waals surface area contributed by atoms with Crippen LogP contribution in [0.15, 0.2) is 59.9 Å². The van der Waals surface area contributed by atoms with Crippen molar-refractivity contribution in [2.75, 3.05) is 0 Å². The Labute approximate surface area is 129 Å². The molecule has 0 saturated carbocycles. The summed E-state index contributed by atoms with van der Waals surface area (Å²) < 4.78 is 10.0. The zero-order valence-corrected chi connectivity index (χ0v) is 12.8. The van der Waals surface area contributed by atoms with Crippen molar-refractivity contribution < 1.29 is 19.1 Å². The van der Waals surface area contributed by atoms with E-state index in [4.69, 9.17) is 9.47 Å². The number of ether oxygens (including phenoxy) is 2. The third kappa shape index (κ3) is 4.74. The molecule has 2 rings (SSSR count). The average molecular weight is 298 g/mol. The maximum atomic E-state index is 12.0. The first-order valence-corrected chi connectivity index (χ1v) is 6.95. The molecular weight excluding hydrogens is 280 g/mol. The van der Waals surface area contributed by atoms with Gasteiger partial charge >= 0.3 is 6.16 Å². The molecule has 1 aromatic carbocycles. The molecule has 0 amide bonds. The maximum Gasteiger partial charge on any atom is 0.514 e. The van der Waals surface area contributed by atoms with Crippen LogP contribution in [-0.4, -0.2) is 17.5 Å². The first-order valence-electron chi connectivity index (χ1n) is 6.95. The second-order valence-corrected chi connectivity index (χ2v) is 5.82. The van der Waals surface area contributed by atoms with Gasteiger partial charge in [0.15, 0.2) is 5.78 Å². The van der Waals surface area contributed by atoms with Crippen molar-refractivity contribution >= 4 is 18.0 Å². The van der Waals surface area contributed by atoms with Gasteiger partial charge in [0.1, 0.15) is 11.4 Å². The van der Waals surface area contributed by atoms with Gasteiger partial charge in [-0.3, -0.25) is 4.79 Å². The van der Waals surface area contributed by atoms with Gasteiger partial charge in [0.2, 0.25) is 0 Å². The lowest BCUT2D eigenvalue weighted by atomic mass is 10.0. The highest BCUT2D eigenvalue weighted by Crippen LogP contribution is 2.18. The molecule has 0 unspecified atom stereocenters. The van der Waals surface area contributed by atoms with E-state index in [2.05, 4.69) is 0 Å². The third-order valence-corrected chi connectivity index (χ3v) is 2.70. The predicted molar refractivity (Wildman–Crippen MR) is 84.0 cm³/mol. The largest absolute Gasteiger partial charge is 0.514 e. The van der Waals surface area contributed by atoms with Crippen molar-refractivity contribution in [2.24, 2.45) is 0 Å². The summed E-state index contributed by atoms with van der Waals surface area (Å²) in [4.78, 5) is 23.6. The Hall–Kier alpha value is -2.62. The summed E-state index contributed by atoms with van der Waals surface area (Å²) in [5.41, 5.74) is 0.821. The highest BCUT2D eigenvalue weighted by atomic mass is 16.7. The zero-order valence-electron chi connectivity index (χ0n) is 12.8. The summed E-state index contributed by atoms with van der Waals surface area (Å²) in [5.74, 6) is -0.0469. The summed E-state index contributed by atoms with van der Waals surface area (Å²) in [6, 6.07) is 9.52. The minimum Gasteiger partial charge on any atom is -0.428 e. The van der Waals surface area contributed by atoms with Crippen molar-refractivity contribution in [3.8, 4) is 0 Å². The number of hydrogen-bond donors (Lipinski definition) is 0. The third-order valence-electron chi connectivity index (χ3n) is 2.70. The Morgan fingerprint density at radius 3 is 2.36 bits per heavy atom. The molecule has 22 heavy (non-hydrogen) atoms. The Bertz CT molecular complexity index is 658. The van der Waals surface area contributed by atoms with Gasteiger partial charge in [0, 0.05) is 11.6 Å². The van der Waals surface area contributed by atoms with E-state index in [-0.39, 0.29) is 11.5 Å². The number of benzene rings is 1. The lowest BCUT2D eigenvalue weighted by Crippen LogP contribution is -2.24. The Morgan fingerprint density at radius 1 is 1.09 bits per heavy atom. The van der Waals surface area contributed by atoms with Crippen LogP contribution in [0.25, 0.3) is 6.08 Å². The van der Waals surface area contributed by atoms with Crippen LogP contribution in [0, 0.1) is 0 Å². The summed E-state index contributed by atoms with van der Waals surface area (Å²) in [6.07, 6.45) is 5.42. The predicted octanol–water partition coefficient (Wildman–Crippen LogP) is 4.04. The molecule has 0 atom stereocenters. The lowest BCUT2D eigenvalue weighted by Gasteiger charge is -2.19. The molecular formula is C18H18O4. The van der Waals surface area contributed by atoms with Crippen LogP contribution < -0.4 is 0 Å². The van der Waals surface area contributed by atoms with Gasteiger partial charge in [-0.25, -0.2) is 4.79 Å². The van der Waals surface area contributed by atoms with E-state index in [1.54, 1.807) is 39.0 Å². The molecule has 0 saturated heterocycles. The standard InChI is InChI=1S/C18H18O4/c1-18(2,3)22-17(20)21-15-10-9-14(16(19)12-15)11-13-7-5-4-6-8-13/h4-12H,1-3H3/b14-11+. The monoisotopic (exact) mass is 298 g/mol. The van der Waals surface area contributed by atoms with Crippen molar-refractivity contribution in [3.05, 3.63) is 65.5 Å². The first kappa shape index (κ1) is 15.8. The Balaban J connectivity index is 2.04. The summed E-state index contributed by atoms with van der Waals surface area (Å²) in [6.45, 7) is 5.22. The quantitative estimate of drug-likeness (QED) is 0.610. The molecule has 0 heterocycles. The highest BCUT2D eigenvalue weighted by molar-refractivity contribution is 6.11. The minimum absolute atomic E-state index is 0.171. The zero-order chi connectivity index (χ0) is 16.2. The fourth-order valence-electron chi connectivity index (χ4n) is 1.79. The van der Waals surface area contributed by atoms with Crippen LogP contribution in [0.5, 0.6) is 0 Å². The molecule has 0 N–H and O–H groups in total. The van der Waals surface area contributed by atoms with Gasteiger partial charge in [0.25, 0.3) is 0 Å². The molecule has 0 radical (unpaired) electrons. The van der Waals surface area contributed by atoms with Crippen molar-refractivity contribution in [1.82, 2.24) is 0 Å². The number of carbonyl (C=O) groups is 2. The molecule has 114 valence electrons. The molecule has 1 aliphatic carbocycles. The number of hydrogen-bond acceptors (Lipinski definition) is 4. The van der Waals surface area contributed by atoms with E-state index >= 15 is 0 Å². The van der Waals surface area contributed by atoms with Crippen LogP contribution in [0.3, 0.4) is 0 Å². The van der Waals surface area contributed by atoms with Crippen LogP contribution in [0.2, 0.25) is 0 Å². The smallest absolute Gasteiger partial charge is 0.428 e. The highest BCUT2D eigenvalue weighted by Gasteiger charge is 2.20. The van der Waals surface area contributed by atoms with Gasteiger partial charge < -0.3 is 9.47 Å². The maximum absolute atomic E-state index is 12.0. The fraction of sp³-hybridized carbons (Fsp3) is 0.222. The van der Waals surface area contributed by atoms with E-state index in [0.29, 0.717) is 5.57 Å². The van der Waals surface area contributed by atoms with Crippen LogP contribution in [0.1, 0.15) is 26.3 Å². The van der Waals surface area contributed by atoms with E-state index in [1.165, 1.54) is 6.08 Å². The fourth-order valence-corrected chi connectivity index (χ4v) is 1.79. The summed E-state index contributed by atoms with van der Waals surface area (Å²) in [7, 11) is 0. The molecule has 1 aromatic rings. The molecule has 0 spiro atoms. The minimum atomic E-state index is -0.827. The summed E-state index contributed by atoms with van der Waals surface area (Å²) in [5, 5.41) is 0. The second-order valence-electron chi connectivity index (χ2n) is 5.82. The van der Waals surface area contributed by atoms with Gasteiger partial charge in [-0.05, 0) is 44.6 Å². The molecule has 4 nitrogen and oxygen atoms in total. The Kier molecular flexibility index (Phi) is 4.61. The number of ketones is 1. The SMILES string of the molecule is CC(C)(C)OC(=O)OC1=CC(=O)/C(=C/c2ccccc2)C=C1. The number of carbonyl (C=O) groups excluding carboxylic acids is 2. The van der Waals surface area contributed by atoms with Gasteiger partial charge in [0.05, 0.1) is 0 Å². The number of rotatable bonds is 2. The lowest BCUT2D eigenvalue weighted by molar-refractivity contribution is -0.111. The average Bonchev–Trinajstić information content (AvgIpc) is 2.41. The van der Waals surface area contributed by atoms with Crippen LogP contribution >= 0.6 is 0 Å². The molecule has 0 aromatic heterocycles. The van der Waals surface area contributed by atoms with E-state index < -0.39 is 11.8 Å². The Morgan fingerprint density at radius 2 is 1.77 bits per heavy atom. The van der Waals surface area contributed by atoms with Gasteiger partial charge in [-0.1, -0.05) is 30.3 Å². The van der Waals surface area contributed by atoms with Crippen LogP contribution in [0.4, 0.5) is 4.79 Å². The normalized spacial score (nSPS) is 16.4. The van der Waals surface area contributed by atoms with Crippen molar-refractivity contribution in [2.45, 2.75) is 26.4 Å². The molecule has 0 bridgehead atoms. The van der Waals surface area contributed by atoms with E-state index in [9.17, 15) is 9.59 Å². The van der Waals surface area contributed by atoms with E-state index in [1.807, 2.05) is 30.3 Å². The van der Waals surface area contributed by atoms with Gasteiger partial charge in [-0.2, -0.15) is 0 Å². The summed E-state index contributed by atoms with van der Waals surface area (Å²) >= 11 is 0. The molecule has 4 heteroatoms. The van der Waals surface area contributed by atoms with Gasteiger partial charge in [-0.15, -0.1) is 0 Å². The second kappa shape index (κ2) is 6.43. The van der Waals surface area contributed by atoms with Crippen molar-refractivity contribution in [1.29, 1.82) is 0 Å². The van der Waals surface area contributed by atoms with E-state index in [0.717, 1.165) is 5.56 Å². The topological polar surface area (TPSA) is 52.6 Å². The first-order chi connectivity index (χ1) is 10.3. The molecule has 0 aliphatic heterocycles.